The summed E-state index contributed by atoms with van der Waals surface area (Å²) in [6.07, 6.45) is 5.67. The monoisotopic (exact) mass is 183 g/mol. The molecule has 0 saturated heterocycles. The molecular weight excluding hydrogens is 174 g/mol. The second kappa shape index (κ2) is 3.56. The molecule has 4 heteroatoms. The maximum atomic E-state index is 5.48. The van der Waals surface area contributed by atoms with Gasteiger partial charge in [0, 0.05) is 25.1 Å². The van der Waals surface area contributed by atoms with Gasteiger partial charge in [-0.05, 0) is 11.6 Å². The van der Waals surface area contributed by atoms with Crippen LogP contribution in [0, 0.1) is 0 Å². The van der Waals surface area contributed by atoms with Crippen molar-refractivity contribution in [2.75, 3.05) is 0 Å². The number of aromatic nitrogens is 2. The van der Waals surface area contributed by atoms with E-state index in [0.29, 0.717) is 6.54 Å². The highest BCUT2D eigenvalue weighted by molar-refractivity contribution is 5.85. The molecule has 0 aromatic carbocycles. The van der Waals surface area contributed by atoms with Crippen LogP contribution in [0.1, 0.15) is 5.56 Å². The van der Waals surface area contributed by atoms with Crippen molar-refractivity contribution in [2.45, 2.75) is 6.54 Å². The van der Waals surface area contributed by atoms with E-state index < -0.39 is 0 Å². The number of hydrogen-bond donors (Lipinski definition) is 1. The summed E-state index contributed by atoms with van der Waals surface area (Å²) >= 11 is 0. The zero-order valence-corrected chi connectivity index (χ0v) is 7.29. The van der Waals surface area contributed by atoms with Gasteiger partial charge in [-0.2, -0.15) is 0 Å². The Morgan fingerprint density at radius 2 is 2.25 bits per heavy atom. The number of pyridine rings is 1. The van der Waals surface area contributed by atoms with E-state index >= 15 is 0 Å². The van der Waals surface area contributed by atoms with Crippen molar-refractivity contribution >= 4 is 18.1 Å². The Bertz CT molecular complexity index is 369. The first-order chi connectivity index (χ1) is 5.40. The molecule has 64 valence electrons. The highest BCUT2D eigenvalue weighted by atomic mass is 35.5. The van der Waals surface area contributed by atoms with Crippen LogP contribution < -0.4 is 5.73 Å². The van der Waals surface area contributed by atoms with Crippen molar-refractivity contribution in [1.82, 2.24) is 9.38 Å². The highest BCUT2D eigenvalue weighted by Gasteiger charge is 1.92. The van der Waals surface area contributed by atoms with Gasteiger partial charge >= 0.3 is 0 Å². The van der Waals surface area contributed by atoms with Gasteiger partial charge in [-0.1, -0.05) is 6.07 Å². The van der Waals surface area contributed by atoms with Crippen molar-refractivity contribution in [3.05, 3.63) is 36.3 Å². The summed E-state index contributed by atoms with van der Waals surface area (Å²) in [4.78, 5) is 4.12. The van der Waals surface area contributed by atoms with Crippen molar-refractivity contribution in [3.8, 4) is 0 Å². The van der Waals surface area contributed by atoms with E-state index in [0.717, 1.165) is 11.2 Å². The lowest BCUT2D eigenvalue weighted by molar-refractivity contribution is 1.03. The van der Waals surface area contributed by atoms with Gasteiger partial charge < -0.3 is 10.1 Å². The van der Waals surface area contributed by atoms with Crippen LogP contribution in [0.4, 0.5) is 0 Å². The summed E-state index contributed by atoms with van der Waals surface area (Å²) in [6, 6.07) is 3.95. The van der Waals surface area contributed by atoms with Crippen molar-refractivity contribution < 1.29 is 0 Å². The lowest BCUT2D eigenvalue weighted by Crippen LogP contribution is -1.97. The Morgan fingerprint density at radius 1 is 1.42 bits per heavy atom. The lowest BCUT2D eigenvalue weighted by atomic mass is 10.3. The quantitative estimate of drug-likeness (QED) is 0.723. The predicted octanol–water partition coefficient (Wildman–Crippen LogP) is 1.21. The number of nitrogens with two attached hydrogens (primary N) is 1. The van der Waals surface area contributed by atoms with Gasteiger partial charge in [0.15, 0.2) is 0 Å². The van der Waals surface area contributed by atoms with Crippen LogP contribution in [-0.4, -0.2) is 9.38 Å². The van der Waals surface area contributed by atoms with Crippen molar-refractivity contribution in [3.63, 3.8) is 0 Å². The molecule has 0 aliphatic heterocycles. The maximum absolute atomic E-state index is 5.48. The van der Waals surface area contributed by atoms with Crippen LogP contribution in [0.25, 0.3) is 5.65 Å². The zero-order valence-electron chi connectivity index (χ0n) is 6.47. The van der Waals surface area contributed by atoms with Gasteiger partial charge in [0.2, 0.25) is 0 Å². The molecule has 2 aromatic rings. The Hall–Kier alpha value is -1.06. The molecule has 0 aliphatic rings. The normalized spacial score (nSPS) is 9.75. The van der Waals surface area contributed by atoms with Gasteiger partial charge in [0.25, 0.3) is 0 Å². The van der Waals surface area contributed by atoms with Gasteiger partial charge in [-0.3, -0.25) is 0 Å². The summed E-state index contributed by atoms with van der Waals surface area (Å²) < 4.78 is 1.96. The Balaban J connectivity index is 0.000000720. The standard InChI is InChI=1S/C8H9N3.ClH/c9-5-7-1-2-8-10-3-4-11(8)6-7;/h1-4,6H,5,9H2;1H. The molecule has 2 heterocycles. The molecule has 0 radical (unpaired) electrons. The molecule has 2 aromatic heterocycles. The fourth-order valence-electron chi connectivity index (χ4n) is 1.09. The van der Waals surface area contributed by atoms with Crippen molar-refractivity contribution in [1.29, 1.82) is 0 Å². The first-order valence-corrected chi connectivity index (χ1v) is 3.52. The Morgan fingerprint density at radius 3 is 3.00 bits per heavy atom. The van der Waals surface area contributed by atoms with E-state index in [2.05, 4.69) is 4.98 Å². The summed E-state index contributed by atoms with van der Waals surface area (Å²) in [6.45, 7) is 0.577. The molecule has 0 unspecified atom stereocenters. The number of rotatable bonds is 1. The average molecular weight is 184 g/mol. The minimum absolute atomic E-state index is 0. The van der Waals surface area contributed by atoms with Crippen LogP contribution in [0.15, 0.2) is 30.7 Å². The van der Waals surface area contributed by atoms with E-state index in [1.165, 1.54) is 0 Å². The zero-order chi connectivity index (χ0) is 7.68. The minimum Gasteiger partial charge on any atom is -0.326 e. The molecule has 0 saturated carbocycles. The molecule has 2 rings (SSSR count). The number of fused-ring (bicyclic) bond motifs is 1. The van der Waals surface area contributed by atoms with E-state index in [1.807, 2.05) is 28.9 Å². The third-order valence-corrected chi connectivity index (χ3v) is 1.69. The fourth-order valence-corrected chi connectivity index (χ4v) is 1.09. The van der Waals surface area contributed by atoms with Crippen LogP contribution in [0.2, 0.25) is 0 Å². The number of imidazole rings is 1. The topological polar surface area (TPSA) is 43.3 Å². The van der Waals surface area contributed by atoms with Gasteiger partial charge in [0.1, 0.15) is 5.65 Å². The van der Waals surface area contributed by atoms with E-state index in [1.54, 1.807) is 6.20 Å². The van der Waals surface area contributed by atoms with Crippen LogP contribution in [-0.2, 0) is 6.54 Å². The molecule has 0 bridgehead atoms. The Kier molecular flexibility index (Phi) is 2.68. The summed E-state index contributed by atoms with van der Waals surface area (Å²) in [5.74, 6) is 0. The second-order valence-corrected chi connectivity index (χ2v) is 2.43. The van der Waals surface area contributed by atoms with E-state index in [-0.39, 0.29) is 12.4 Å². The third kappa shape index (κ3) is 1.42. The van der Waals surface area contributed by atoms with Crippen LogP contribution in [0.3, 0.4) is 0 Å². The smallest absolute Gasteiger partial charge is 0.136 e. The first kappa shape index (κ1) is 9.03. The fraction of sp³-hybridized carbons (Fsp3) is 0.125. The third-order valence-electron chi connectivity index (χ3n) is 1.69. The SMILES string of the molecule is Cl.NCc1ccc2nccn2c1. The second-order valence-electron chi connectivity index (χ2n) is 2.43. The molecule has 0 atom stereocenters. The van der Waals surface area contributed by atoms with Crippen LogP contribution >= 0.6 is 12.4 Å². The molecule has 0 amide bonds. The lowest BCUT2D eigenvalue weighted by Gasteiger charge is -1.96. The summed E-state index contributed by atoms with van der Waals surface area (Å²) in [7, 11) is 0. The molecule has 2 N–H and O–H groups in total. The number of nitrogens with zero attached hydrogens (tertiary/aromatic N) is 2. The highest BCUT2D eigenvalue weighted by Crippen LogP contribution is 2.02. The number of halogens is 1. The molecule has 12 heavy (non-hydrogen) atoms. The predicted molar refractivity (Wildman–Crippen MR) is 50.3 cm³/mol. The largest absolute Gasteiger partial charge is 0.326 e. The van der Waals surface area contributed by atoms with Gasteiger partial charge in [0.05, 0.1) is 0 Å². The van der Waals surface area contributed by atoms with Crippen LogP contribution in [0.5, 0.6) is 0 Å². The van der Waals surface area contributed by atoms with Gasteiger partial charge in [-0.15, -0.1) is 12.4 Å². The summed E-state index contributed by atoms with van der Waals surface area (Å²) in [5.41, 5.74) is 7.56. The molecule has 0 fully saturated rings. The molecule has 0 spiro atoms. The first-order valence-electron chi connectivity index (χ1n) is 3.52. The average Bonchev–Trinajstić information content (AvgIpc) is 2.50. The van der Waals surface area contributed by atoms with Gasteiger partial charge in [-0.25, -0.2) is 4.98 Å². The molecular formula is C8H10ClN3. The number of hydrogen-bond acceptors (Lipinski definition) is 2. The summed E-state index contributed by atoms with van der Waals surface area (Å²) in [5, 5.41) is 0. The Labute approximate surface area is 76.6 Å². The van der Waals surface area contributed by atoms with E-state index in [4.69, 9.17) is 5.73 Å². The molecule has 3 nitrogen and oxygen atoms in total. The van der Waals surface area contributed by atoms with E-state index in [9.17, 15) is 0 Å². The van der Waals surface area contributed by atoms with Crippen molar-refractivity contribution in [2.24, 2.45) is 5.73 Å². The molecule has 0 aliphatic carbocycles. The minimum atomic E-state index is 0. The maximum Gasteiger partial charge on any atom is 0.136 e.